The van der Waals surface area contributed by atoms with Gasteiger partial charge in [0.1, 0.15) is 5.82 Å². The number of nitrogens with zero attached hydrogens (tertiary/aromatic N) is 1. The van der Waals surface area contributed by atoms with Crippen LogP contribution in [0.15, 0.2) is 54.1 Å². The second-order valence-electron chi connectivity index (χ2n) is 5.50. The van der Waals surface area contributed by atoms with Gasteiger partial charge in [-0.3, -0.25) is 9.59 Å². The fraction of sp³-hybridized carbons (Fsp3) is 0.158. The van der Waals surface area contributed by atoms with Crippen LogP contribution < -0.4 is 4.90 Å². The molecule has 0 aliphatic carbocycles. The standard InChI is InChI=1S/C19H16FNO2/c1-13(12-14-6-2-4-8-16(14)20)19(23)21-11-10-18(22)15-7-3-5-9-17(15)21/h2-9,12H,10-11H2,1H3/b13-12+. The first-order valence-electron chi connectivity index (χ1n) is 7.45. The topological polar surface area (TPSA) is 37.4 Å². The van der Waals surface area contributed by atoms with Crippen LogP contribution in [0.3, 0.4) is 0 Å². The molecule has 0 bridgehead atoms. The molecule has 0 spiro atoms. The number of carbonyl (C=O) groups excluding carboxylic acids is 2. The van der Waals surface area contributed by atoms with Crippen LogP contribution in [0.4, 0.5) is 10.1 Å². The van der Waals surface area contributed by atoms with E-state index in [9.17, 15) is 14.0 Å². The Morgan fingerprint density at radius 3 is 2.61 bits per heavy atom. The molecule has 0 saturated heterocycles. The van der Waals surface area contributed by atoms with Crippen LogP contribution in [0.2, 0.25) is 0 Å². The van der Waals surface area contributed by atoms with Gasteiger partial charge in [-0.25, -0.2) is 4.39 Å². The molecule has 0 radical (unpaired) electrons. The van der Waals surface area contributed by atoms with Gasteiger partial charge < -0.3 is 4.90 Å². The summed E-state index contributed by atoms with van der Waals surface area (Å²) < 4.78 is 13.7. The first-order chi connectivity index (χ1) is 11.1. The van der Waals surface area contributed by atoms with E-state index in [2.05, 4.69) is 0 Å². The van der Waals surface area contributed by atoms with Gasteiger partial charge in [-0.05, 0) is 31.2 Å². The van der Waals surface area contributed by atoms with Crippen molar-refractivity contribution in [3.63, 3.8) is 0 Å². The van der Waals surface area contributed by atoms with Crippen molar-refractivity contribution in [3.05, 3.63) is 71.0 Å². The molecule has 0 N–H and O–H groups in total. The summed E-state index contributed by atoms with van der Waals surface area (Å²) in [5.74, 6) is -0.539. The van der Waals surface area contributed by atoms with Gasteiger partial charge in [0, 0.05) is 29.7 Å². The second kappa shape index (κ2) is 6.16. The second-order valence-corrected chi connectivity index (χ2v) is 5.50. The molecule has 2 aromatic carbocycles. The summed E-state index contributed by atoms with van der Waals surface area (Å²) in [6, 6.07) is 13.4. The minimum Gasteiger partial charge on any atom is -0.307 e. The summed E-state index contributed by atoms with van der Waals surface area (Å²) in [5.41, 5.74) is 1.99. The molecule has 3 rings (SSSR count). The molecule has 0 aromatic heterocycles. The van der Waals surface area contributed by atoms with Crippen molar-refractivity contribution < 1.29 is 14.0 Å². The third-order valence-electron chi connectivity index (χ3n) is 3.92. The Bertz CT molecular complexity index is 811. The predicted octanol–water partition coefficient (Wildman–Crippen LogP) is 3.85. The summed E-state index contributed by atoms with van der Waals surface area (Å²) in [4.78, 5) is 26.3. The molecule has 0 atom stereocenters. The number of carbonyl (C=O) groups is 2. The minimum atomic E-state index is -0.367. The molecule has 0 fully saturated rings. The maximum atomic E-state index is 13.7. The number of amides is 1. The Kier molecular flexibility index (Phi) is 4.06. The Morgan fingerprint density at radius 2 is 1.83 bits per heavy atom. The normalized spacial score (nSPS) is 14.6. The lowest BCUT2D eigenvalue weighted by Gasteiger charge is -2.29. The Morgan fingerprint density at radius 1 is 1.13 bits per heavy atom. The molecule has 2 aromatic rings. The Hall–Kier alpha value is -2.75. The van der Waals surface area contributed by atoms with Gasteiger partial charge in [0.25, 0.3) is 5.91 Å². The number of halogens is 1. The first kappa shape index (κ1) is 15.2. The highest BCUT2D eigenvalue weighted by atomic mass is 19.1. The zero-order valence-electron chi connectivity index (χ0n) is 12.8. The molecule has 116 valence electrons. The molecule has 3 nitrogen and oxygen atoms in total. The van der Waals surface area contributed by atoms with Crippen LogP contribution >= 0.6 is 0 Å². The van der Waals surface area contributed by atoms with Crippen molar-refractivity contribution in [1.82, 2.24) is 0 Å². The van der Waals surface area contributed by atoms with E-state index >= 15 is 0 Å². The molecule has 1 amide bonds. The molecule has 1 aliphatic heterocycles. The van der Waals surface area contributed by atoms with Gasteiger partial charge in [0.2, 0.25) is 0 Å². The van der Waals surface area contributed by atoms with E-state index in [1.165, 1.54) is 12.1 Å². The summed E-state index contributed by atoms with van der Waals surface area (Å²) >= 11 is 0. The highest BCUT2D eigenvalue weighted by Crippen LogP contribution is 2.28. The van der Waals surface area contributed by atoms with Gasteiger partial charge in [0.15, 0.2) is 5.78 Å². The summed E-state index contributed by atoms with van der Waals surface area (Å²) in [6.07, 6.45) is 1.84. The molecule has 23 heavy (non-hydrogen) atoms. The quantitative estimate of drug-likeness (QED) is 0.790. The number of anilines is 1. The van der Waals surface area contributed by atoms with Gasteiger partial charge in [-0.15, -0.1) is 0 Å². The number of hydrogen-bond acceptors (Lipinski definition) is 2. The first-order valence-corrected chi connectivity index (χ1v) is 7.45. The monoisotopic (exact) mass is 309 g/mol. The number of ketones is 1. The van der Waals surface area contributed by atoms with Crippen LogP contribution in [0.1, 0.15) is 29.3 Å². The molecular weight excluding hydrogens is 293 g/mol. The smallest absolute Gasteiger partial charge is 0.253 e. The van der Waals surface area contributed by atoms with E-state index in [1.54, 1.807) is 54.3 Å². The van der Waals surface area contributed by atoms with Gasteiger partial charge in [-0.2, -0.15) is 0 Å². The van der Waals surface area contributed by atoms with Crippen molar-refractivity contribution in [2.75, 3.05) is 11.4 Å². The zero-order valence-corrected chi connectivity index (χ0v) is 12.8. The third kappa shape index (κ3) is 2.93. The van der Waals surface area contributed by atoms with Crippen molar-refractivity contribution in [3.8, 4) is 0 Å². The number of para-hydroxylation sites is 1. The summed E-state index contributed by atoms with van der Waals surface area (Å²) in [5, 5.41) is 0. The van der Waals surface area contributed by atoms with Crippen LogP contribution in [0, 0.1) is 5.82 Å². The highest BCUT2D eigenvalue weighted by Gasteiger charge is 2.27. The van der Waals surface area contributed by atoms with E-state index in [0.717, 1.165) is 0 Å². The fourth-order valence-electron chi connectivity index (χ4n) is 2.72. The summed E-state index contributed by atoms with van der Waals surface area (Å²) in [6.45, 7) is 2.00. The highest BCUT2D eigenvalue weighted by molar-refractivity contribution is 6.14. The van der Waals surface area contributed by atoms with E-state index in [-0.39, 0.29) is 17.5 Å². The van der Waals surface area contributed by atoms with Gasteiger partial charge in [0.05, 0.1) is 5.69 Å². The average molecular weight is 309 g/mol. The fourth-order valence-corrected chi connectivity index (χ4v) is 2.72. The molecule has 4 heteroatoms. The van der Waals surface area contributed by atoms with Gasteiger partial charge in [-0.1, -0.05) is 30.3 Å². The van der Waals surface area contributed by atoms with Crippen LogP contribution in [-0.2, 0) is 4.79 Å². The van der Waals surface area contributed by atoms with Crippen LogP contribution in [0.25, 0.3) is 6.08 Å². The molecular formula is C19H16FNO2. The van der Waals surface area contributed by atoms with E-state index in [4.69, 9.17) is 0 Å². The number of rotatable bonds is 2. The zero-order chi connectivity index (χ0) is 16.4. The van der Waals surface area contributed by atoms with E-state index < -0.39 is 0 Å². The molecule has 0 saturated carbocycles. The lowest BCUT2D eigenvalue weighted by atomic mass is 9.99. The molecule has 0 unspecified atom stereocenters. The van der Waals surface area contributed by atoms with Crippen molar-refractivity contribution in [2.24, 2.45) is 0 Å². The van der Waals surface area contributed by atoms with Crippen molar-refractivity contribution >= 4 is 23.5 Å². The maximum absolute atomic E-state index is 13.7. The number of Topliss-reactive ketones (excluding diaryl/α,β-unsaturated/α-hetero) is 1. The van der Waals surface area contributed by atoms with E-state index in [1.807, 2.05) is 0 Å². The summed E-state index contributed by atoms with van der Waals surface area (Å²) in [7, 11) is 0. The average Bonchev–Trinajstić information content (AvgIpc) is 2.57. The largest absolute Gasteiger partial charge is 0.307 e. The Balaban J connectivity index is 1.94. The number of fused-ring (bicyclic) bond motifs is 1. The SMILES string of the molecule is C/C(=C\c1ccccc1F)C(=O)N1CCC(=O)c2ccccc21. The minimum absolute atomic E-state index is 0.0420. The third-order valence-corrected chi connectivity index (χ3v) is 3.92. The lowest BCUT2D eigenvalue weighted by Crippen LogP contribution is -2.37. The van der Waals surface area contributed by atoms with Crippen molar-refractivity contribution in [1.29, 1.82) is 0 Å². The number of hydrogen-bond donors (Lipinski definition) is 0. The molecule has 1 aliphatic rings. The van der Waals surface area contributed by atoms with Crippen molar-refractivity contribution in [2.45, 2.75) is 13.3 Å². The van der Waals surface area contributed by atoms with Gasteiger partial charge >= 0.3 is 0 Å². The predicted molar refractivity (Wildman–Crippen MR) is 87.8 cm³/mol. The van der Waals surface area contributed by atoms with E-state index in [0.29, 0.717) is 35.4 Å². The Labute approximate surface area is 134 Å². The molecule has 1 heterocycles. The maximum Gasteiger partial charge on any atom is 0.253 e. The number of benzene rings is 2. The van der Waals surface area contributed by atoms with Crippen LogP contribution in [0.5, 0.6) is 0 Å². The lowest BCUT2D eigenvalue weighted by molar-refractivity contribution is -0.115. The van der Waals surface area contributed by atoms with Crippen LogP contribution in [-0.4, -0.2) is 18.2 Å².